The third kappa shape index (κ3) is 3.51. The molecule has 2 bridgehead atoms. The predicted molar refractivity (Wildman–Crippen MR) is 89.6 cm³/mol. The van der Waals surface area contributed by atoms with Gasteiger partial charge in [-0.05, 0) is 57.3 Å². The summed E-state index contributed by atoms with van der Waals surface area (Å²) in [5.74, 6) is 2.55. The molecule has 0 saturated heterocycles. The lowest BCUT2D eigenvalue weighted by Gasteiger charge is -2.42. The van der Waals surface area contributed by atoms with Crippen LogP contribution in [0.3, 0.4) is 0 Å². The molecule has 2 rings (SSSR count). The molecule has 112 valence electrons. The summed E-state index contributed by atoms with van der Waals surface area (Å²) < 4.78 is 0. The quantitative estimate of drug-likeness (QED) is 0.343. The van der Waals surface area contributed by atoms with Gasteiger partial charge in [0.2, 0.25) is 0 Å². The SMILES string of the molecule is CC1=C2CC[C+](C)CCC/C(C)=C/C[C@H](CC1)C2(C)C. The molecular weight excluding hydrogens is 240 g/mol. The average molecular weight is 273 g/mol. The highest BCUT2D eigenvalue weighted by Crippen LogP contribution is 2.48. The van der Waals surface area contributed by atoms with Gasteiger partial charge in [0, 0.05) is 6.42 Å². The van der Waals surface area contributed by atoms with Crippen LogP contribution in [-0.4, -0.2) is 0 Å². The van der Waals surface area contributed by atoms with Crippen molar-refractivity contribution in [2.24, 2.45) is 11.3 Å². The van der Waals surface area contributed by atoms with Crippen molar-refractivity contribution in [3.8, 4) is 0 Å². The minimum absolute atomic E-state index is 0.401. The summed E-state index contributed by atoms with van der Waals surface area (Å²) in [7, 11) is 0. The van der Waals surface area contributed by atoms with Gasteiger partial charge >= 0.3 is 0 Å². The lowest BCUT2D eigenvalue weighted by Crippen LogP contribution is -2.31. The predicted octanol–water partition coefficient (Wildman–Crippen LogP) is 6.63. The van der Waals surface area contributed by atoms with Gasteiger partial charge in [0.05, 0.1) is 25.7 Å². The minimum atomic E-state index is 0.401. The molecule has 0 amide bonds. The van der Waals surface area contributed by atoms with Crippen LogP contribution in [0.1, 0.15) is 86.0 Å². The minimum Gasteiger partial charge on any atom is -0.0853 e. The van der Waals surface area contributed by atoms with Gasteiger partial charge in [0.15, 0.2) is 0 Å². The van der Waals surface area contributed by atoms with Gasteiger partial charge in [0.25, 0.3) is 0 Å². The molecule has 0 N–H and O–H groups in total. The van der Waals surface area contributed by atoms with Crippen molar-refractivity contribution >= 4 is 0 Å². The summed E-state index contributed by atoms with van der Waals surface area (Å²) in [6.45, 7) is 12.1. The van der Waals surface area contributed by atoms with Crippen LogP contribution in [0.15, 0.2) is 22.8 Å². The van der Waals surface area contributed by atoms with Crippen molar-refractivity contribution in [3.63, 3.8) is 0 Å². The van der Waals surface area contributed by atoms with E-state index in [1.165, 1.54) is 51.4 Å². The van der Waals surface area contributed by atoms with Crippen LogP contribution in [0.5, 0.6) is 0 Å². The molecule has 0 spiro atoms. The Hall–Kier alpha value is -0.650. The highest BCUT2D eigenvalue weighted by atomic mass is 14.4. The first-order valence-electron chi connectivity index (χ1n) is 8.57. The van der Waals surface area contributed by atoms with E-state index in [1.807, 2.05) is 0 Å². The topological polar surface area (TPSA) is 0 Å². The van der Waals surface area contributed by atoms with E-state index < -0.39 is 0 Å². The first kappa shape index (κ1) is 15.7. The monoisotopic (exact) mass is 273 g/mol. The highest BCUT2D eigenvalue weighted by Gasteiger charge is 2.37. The molecule has 2 aliphatic rings. The Labute approximate surface area is 126 Å². The Bertz CT molecular complexity index is 394. The summed E-state index contributed by atoms with van der Waals surface area (Å²) in [5.41, 5.74) is 5.48. The Morgan fingerprint density at radius 3 is 2.60 bits per heavy atom. The maximum atomic E-state index is 2.54. The van der Waals surface area contributed by atoms with Gasteiger partial charge in [-0.1, -0.05) is 36.6 Å². The maximum absolute atomic E-state index is 2.54. The first-order chi connectivity index (χ1) is 9.41. The number of allylic oxidation sites excluding steroid dienone is 4. The van der Waals surface area contributed by atoms with E-state index in [1.54, 1.807) is 22.6 Å². The van der Waals surface area contributed by atoms with Crippen molar-refractivity contribution in [1.29, 1.82) is 0 Å². The lowest BCUT2D eigenvalue weighted by atomic mass is 9.63. The maximum Gasteiger partial charge on any atom is 0.0934 e. The van der Waals surface area contributed by atoms with Gasteiger partial charge in [-0.25, -0.2) is 0 Å². The van der Waals surface area contributed by atoms with Crippen molar-refractivity contribution in [3.05, 3.63) is 28.7 Å². The fourth-order valence-corrected chi connectivity index (χ4v) is 4.22. The molecule has 0 aromatic heterocycles. The second-order valence-corrected chi connectivity index (χ2v) is 7.81. The highest BCUT2D eigenvalue weighted by molar-refractivity contribution is 5.25. The molecular formula is C20H33+. The van der Waals surface area contributed by atoms with E-state index in [0.717, 1.165) is 5.92 Å². The van der Waals surface area contributed by atoms with Crippen LogP contribution in [0.2, 0.25) is 0 Å². The van der Waals surface area contributed by atoms with Gasteiger partial charge in [-0.3, -0.25) is 0 Å². The van der Waals surface area contributed by atoms with Crippen molar-refractivity contribution in [2.75, 3.05) is 0 Å². The van der Waals surface area contributed by atoms with Crippen molar-refractivity contribution in [1.82, 2.24) is 0 Å². The summed E-state index contributed by atoms with van der Waals surface area (Å²) >= 11 is 0. The zero-order valence-corrected chi connectivity index (χ0v) is 14.3. The molecule has 0 unspecified atom stereocenters. The third-order valence-corrected chi connectivity index (χ3v) is 5.91. The zero-order valence-electron chi connectivity index (χ0n) is 14.3. The van der Waals surface area contributed by atoms with Crippen LogP contribution >= 0.6 is 0 Å². The molecule has 0 aliphatic heterocycles. The summed E-state index contributed by atoms with van der Waals surface area (Å²) in [6, 6.07) is 0. The smallest absolute Gasteiger partial charge is 0.0853 e. The number of rotatable bonds is 0. The van der Waals surface area contributed by atoms with Crippen molar-refractivity contribution < 1.29 is 0 Å². The second kappa shape index (κ2) is 6.41. The second-order valence-electron chi connectivity index (χ2n) is 7.81. The Morgan fingerprint density at radius 2 is 1.85 bits per heavy atom. The molecule has 1 atom stereocenters. The third-order valence-electron chi connectivity index (χ3n) is 5.91. The fraction of sp³-hybridized carbons (Fsp3) is 0.750. The van der Waals surface area contributed by atoms with E-state index in [0.29, 0.717) is 5.41 Å². The normalized spacial score (nSPS) is 31.1. The van der Waals surface area contributed by atoms with Crippen molar-refractivity contribution in [2.45, 2.75) is 86.0 Å². The molecule has 0 saturated carbocycles. The lowest BCUT2D eigenvalue weighted by molar-refractivity contribution is 0.222. The van der Waals surface area contributed by atoms with Crippen LogP contribution in [0.4, 0.5) is 0 Å². The average Bonchev–Trinajstić information content (AvgIpc) is 2.36. The molecule has 0 heteroatoms. The van der Waals surface area contributed by atoms with Crippen LogP contribution in [0, 0.1) is 17.3 Å². The molecule has 0 aromatic carbocycles. The van der Waals surface area contributed by atoms with E-state index >= 15 is 0 Å². The summed E-state index contributed by atoms with van der Waals surface area (Å²) in [6.07, 6.45) is 13.1. The number of fused-ring (bicyclic) bond motifs is 2. The molecule has 2 aliphatic carbocycles. The largest absolute Gasteiger partial charge is 0.0934 e. The summed E-state index contributed by atoms with van der Waals surface area (Å²) in [5, 5.41) is 0. The van der Waals surface area contributed by atoms with Gasteiger partial charge < -0.3 is 0 Å². The fourth-order valence-electron chi connectivity index (χ4n) is 4.22. The van der Waals surface area contributed by atoms with Crippen LogP contribution in [-0.2, 0) is 0 Å². The van der Waals surface area contributed by atoms with Crippen LogP contribution in [0.25, 0.3) is 0 Å². The van der Waals surface area contributed by atoms with Crippen LogP contribution < -0.4 is 0 Å². The molecule has 0 aromatic rings. The Kier molecular flexibility index (Phi) is 5.04. The van der Waals surface area contributed by atoms with E-state index in [9.17, 15) is 0 Å². The number of hydrogen-bond donors (Lipinski definition) is 0. The van der Waals surface area contributed by atoms with Gasteiger partial charge in [0.1, 0.15) is 0 Å². The zero-order chi connectivity index (χ0) is 14.8. The molecule has 0 heterocycles. The van der Waals surface area contributed by atoms with E-state index in [4.69, 9.17) is 0 Å². The molecule has 0 nitrogen and oxygen atoms in total. The van der Waals surface area contributed by atoms with E-state index in [-0.39, 0.29) is 0 Å². The molecule has 0 fully saturated rings. The molecule has 20 heavy (non-hydrogen) atoms. The first-order valence-corrected chi connectivity index (χ1v) is 8.57. The Balaban J connectivity index is 2.27. The Morgan fingerprint density at radius 1 is 1.10 bits per heavy atom. The van der Waals surface area contributed by atoms with E-state index in [2.05, 4.69) is 40.7 Å². The molecule has 0 radical (unpaired) electrons. The van der Waals surface area contributed by atoms with Gasteiger partial charge in [-0.15, -0.1) is 0 Å². The van der Waals surface area contributed by atoms with Gasteiger partial charge in [-0.2, -0.15) is 0 Å². The summed E-state index contributed by atoms with van der Waals surface area (Å²) in [4.78, 5) is 0. The number of hydrogen-bond acceptors (Lipinski definition) is 0. The standard InChI is InChI=1S/C20H33/c1-15-7-6-8-16(2)10-14-19-17(3)11-13-18(12-9-15)20(19,4)5/h9,18H,6-8,10-14H2,1-5H3/q+1/b15-9+/t18-/m1/s1.